The number of rotatable bonds is 5. The van der Waals surface area contributed by atoms with Crippen LogP contribution in [0.2, 0.25) is 5.02 Å². The maximum Gasteiger partial charge on any atom is 0.261 e. The molecule has 1 unspecified atom stereocenters. The molecule has 1 saturated carbocycles. The van der Waals surface area contributed by atoms with E-state index in [9.17, 15) is 4.79 Å². The van der Waals surface area contributed by atoms with Crippen molar-refractivity contribution in [2.45, 2.75) is 57.2 Å². The molecule has 0 saturated heterocycles. The molecule has 0 heterocycles. The number of halogens is 2. The van der Waals surface area contributed by atoms with Crippen LogP contribution in [0.25, 0.3) is 0 Å². The summed E-state index contributed by atoms with van der Waals surface area (Å²) in [5.41, 5.74) is 5.88. The average molecular weight is 347 g/mol. The number of nitrogens with one attached hydrogen (secondary N) is 1. The minimum Gasteiger partial charge on any atom is -0.479 e. The number of hydrogen-bond donors (Lipinski definition) is 2. The predicted molar refractivity (Wildman–Crippen MR) is 91.8 cm³/mol. The van der Waals surface area contributed by atoms with E-state index in [-0.39, 0.29) is 30.4 Å². The van der Waals surface area contributed by atoms with Crippen molar-refractivity contribution in [2.24, 2.45) is 5.73 Å². The molecule has 1 aliphatic rings. The maximum atomic E-state index is 12.3. The molecule has 1 aromatic carbocycles. The SMILES string of the molecule is CCC(Oc1ccccc1Cl)C(=O)NC1CCC(N)CC1.Cl. The molecule has 0 bridgehead atoms. The lowest BCUT2D eigenvalue weighted by Gasteiger charge is -2.28. The minimum absolute atomic E-state index is 0. The van der Waals surface area contributed by atoms with Crippen LogP contribution in [0.15, 0.2) is 24.3 Å². The summed E-state index contributed by atoms with van der Waals surface area (Å²) < 4.78 is 5.75. The van der Waals surface area contributed by atoms with Gasteiger partial charge in [-0.25, -0.2) is 0 Å². The van der Waals surface area contributed by atoms with E-state index in [1.807, 2.05) is 19.1 Å². The second-order valence-corrected chi connectivity index (χ2v) is 5.97. The number of carbonyl (C=O) groups is 1. The molecule has 1 atom stereocenters. The van der Waals surface area contributed by atoms with Gasteiger partial charge in [-0.2, -0.15) is 0 Å². The van der Waals surface area contributed by atoms with Gasteiger partial charge in [-0.05, 0) is 44.2 Å². The third kappa shape index (κ3) is 5.34. The molecule has 4 nitrogen and oxygen atoms in total. The summed E-state index contributed by atoms with van der Waals surface area (Å²) >= 11 is 6.07. The molecule has 1 aromatic rings. The first kappa shape index (κ1) is 19.1. The van der Waals surface area contributed by atoms with Gasteiger partial charge < -0.3 is 15.8 Å². The summed E-state index contributed by atoms with van der Waals surface area (Å²) in [6.07, 6.45) is 3.90. The van der Waals surface area contributed by atoms with E-state index >= 15 is 0 Å². The van der Waals surface area contributed by atoms with Crippen LogP contribution in [0.1, 0.15) is 39.0 Å². The summed E-state index contributed by atoms with van der Waals surface area (Å²) in [6.45, 7) is 1.93. The monoisotopic (exact) mass is 346 g/mol. The third-order valence-electron chi connectivity index (χ3n) is 3.89. The van der Waals surface area contributed by atoms with Crippen LogP contribution in [0.3, 0.4) is 0 Å². The number of carbonyl (C=O) groups excluding carboxylic acids is 1. The van der Waals surface area contributed by atoms with Crippen molar-refractivity contribution in [3.05, 3.63) is 29.3 Å². The number of para-hydroxylation sites is 1. The standard InChI is InChI=1S/C16H23ClN2O2.ClH/c1-2-14(21-15-6-4-3-5-13(15)17)16(20)19-12-9-7-11(18)8-10-12;/h3-6,11-12,14H,2,7-10,18H2,1H3,(H,19,20);1H. The largest absolute Gasteiger partial charge is 0.479 e. The molecule has 0 spiro atoms. The average Bonchev–Trinajstić information content (AvgIpc) is 2.48. The summed E-state index contributed by atoms with van der Waals surface area (Å²) in [7, 11) is 0. The highest BCUT2D eigenvalue weighted by molar-refractivity contribution is 6.32. The zero-order valence-corrected chi connectivity index (χ0v) is 14.3. The second kappa shape index (κ2) is 9.23. The van der Waals surface area contributed by atoms with Crippen molar-refractivity contribution in [2.75, 3.05) is 0 Å². The Balaban J connectivity index is 0.00000242. The van der Waals surface area contributed by atoms with Gasteiger partial charge in [0, 0.05) is 12.1 Å². The lowest BCUT2D eigenvalue weighted by molar-refractivity contribution is -0.129. The first-order valence-corrected chi connectivity index (χ1v) is 7.95. The highest BCUT2D eigenvalue weighted by atomic mass is 35.5. The smallest absolute Gasteiger partial charge is 0.261 e. The molecule has 124 valence electrons. The second-order valence-electron chi connectivity index (χ2n) is 5.57. The molecular formula is C16H24Cl2N2O2. The topological polar surface area (TPSA) is 64.3 Å². The van der Waals surface area contributed by atoms with Gasteiger partial charge in [0.25, 0.3) is 5.91 Å². The molecule has 1 amide bonds. The zero-order valence-electron chi connectivity index (χ0n) is 12.8. The molecular weight excluding hydrogens is 323 g/mol. The Morgan fingerprint density at radius 1 is 1.36 bits per heavy atom. The molecule has 2 rings (SSSR count). The number of hydrogen-bond acceptors (Lipinski definition) is 3. The first-order chi connectivity index (χ1) is 10.1. The maximum absolute atomic E-state index is 12.3. The predicted octanol–water partition coefficient (Wildman–Crippen LogP) is 3.31. The fourth-order valence-electron chi connectivity index (χ4n) is 2.57. The molecule has 0 radical (unpaired) electrons. The van der Waals surface area contributed by atoms with E-state index in [0.717, 1.165) is 25.7 Å². The number of nitrogens with two attached hydrogens (primary N) is 1. The Kier molecular flexibility index (Phi) is 8.01. The normalized spacial score (nSPS) is 22.3. The van der Waals surface area contributed by atoms with Gasteiger partial charge in [0.1, 0.15) is 5.75 Å². The Labute approximate surface area is 143 Å². The summed E-state index contributed by atoms with van der Waals surface area (Å²) in [5.74, 6) is 0.477. The molecule has 3 N–H and O–H groups in total. The van der Waals surface area contributed by atoms with Crippen LogP contribution in [0, 0.1) is 0 Å². The van der Waals surface area contributed by atoms with Crippen LogP contribution in [-0.2, 0) is 4.79 Å². The molecule has 0 aromatic heterocycles. The van der Waals surface area contributed by atoms with Crippen LogP contribution in [-0.4, -0.2) is 24.1 Å². The van der Waals surface area contributed by atoms with Crippen molar-refractivity contribution < 1.29 is 9.53 Å². The third-order valence-corrected chi connectivity index (χ3v) is 4.20. The van der Waals surface area contributed by atoms with E-state index in [2.05, 4.69) is 5.32 Å². The van der Waals surface area contributed by atoms with Crippen molar-refractivity contribution in [3.8, 4) is 5.75 Å². The van der Waals surface area contributed by atoms with E-state index < -0.39 is 6.10 Å². The zero-order chi connectivity index (χ0) is 15.2. The molecule has 1 fully saturated rings. The van der Waals surface area contributed by atoms with Crippen LogP contribution >= 0.6 is 24.0 Å². The summed E-state index contributed by atoms with van der Waals surface area (Å²) in [5, 5.41) is 3.59. The van der Waals surface area contributed by atoms with Gasteiger partial charge in [0.05, 0.1) is 5.02 Å². The van der Waals surface area contributed by atoms with Gasteiger partial charge in [0.15, 0.2) is 6.10 Å². The fraction of sp³-hybridized carbons (Fsp3) is 0.562. The van der Waals surface area contributed by atoms with Gasteiger partial charge >= 0.3 is 0 Å². The van der Waals surface area contributed by atoms with Crippen molar-refractivity contribution in [3.63, 3.8) is 0 Å². The van der Waals surface area contributed by atoms with Crippen molar-refractivity contribution >= 4 is 29.9 Å². The van der Waals surface area contributed by atoms with Gasteiger partial charge in [-0.15, -0.1) is 12.4 Å². The number of amides is 1. The Morgan fingerprint density at radius 3 is 2.59 bits per heavy atom. The van der Waals surface area contributed by atoms with Crippen molar-refractivity contribution in [1.82, 2.24) is 5.32 Å². The highest BCUT2D eigenvalue weighted by Crippen LogP contribution is 2.25. The van der Waals surface area contributed by atoms with Gasteiger partial charge in [-0.1, -0.05) is 30.7 Å². The Morgan fingerprint density at radius 2 is 2.00 bits per heavy atom. The van der Waals surface area contributed by atoms with Crippen molar-refractivity contribution in [1.29, 1.82) is 0 Å². The van der Waals surface area contributed by atoms with Gasteiger partial charge in [0.2, 0.25) is 0 Å². The number of benzene rings is 1. The fourth-order valence-corrected chi connectivity index (χ4v) is 2.75. The van der Waals surface area contributed by atoms with Gasteiger partial charge in [-0.3, -0.25) is 4.79 Å². The van der Waals surface area contributed by atoms with Crippen LogP contribution in [0.4, 0.5) is 0 Å². The Hall–Kier alpha value is -0.970. The highest BCUT2D eigenvalue weighted by Gasteiger charge is 2.25. The van der Waals surface area contributed by atoms with E-state index in [1.165, 1.54) is 0 Å². The van der Waals surface area contributed by atoms with E-state index in [4.69, 9.17) is 22.1 Å². The summed E-state index contributed by atoms with van der Waals surface area (Å²) in [6, 6.07) is 7.69. The van der Waals surface area contributed by atoms with Crippen LogP contribution < -0.4 is 15.8 Å². The summed E-state index contributed by atoms with van der Waals surface area (Å²) in [4.78, 5) is 12.3. The molecule has 6 heteroatoms. The van der Waals surface area contributed by atoms with Crippen LogP contribution in [0.5, 0.6) is 5.75 Å². The van der Waals surface area contributed by atoms with E-state index in [0.29, 0.717) is 17.2 Å². The lowest BCUT2D eigenvalue weighted by atomic mass is 9.91. The quantitative estimate of drug-likeness (QED) is 0.859. The minimum atomic E-state index is -0.513. The first-order valence-electron chi connectivity index (χ1n) is 7.57. The molecule has 1 aliphatic carbocycles. The Bertz CT molecular complexity index is 477. The molecule has 22 heavy (non-hydrogen) atoms. The number of ether oxygens (including phenoxy) is 1. The lowest BCUT2D eigenvalue weighted by Crippen LogP contribution is -2.46. The molecule has 0 aliphatic heterocycles. The van der Waals surface area contributed by atoms with E-state index in [1.54, 1.807) is 12.1 Å².